The van der Waals surface area contributed by atoms with Gasteiger partial charge in [-0.25, -0.2) is 4.79 Å². The van der Waals surface area contributed by atoms with Crippen molar-refractivity contribution in [3.8, 4) is 0 Å². The number of benzene rings is 1. The highest BCUT2D eigenvalue weighted by Crippen LogP contribution is 2.25. The van der Waals surface area contributed by atoms with Gasteiger partial charge in [0.05, 0.1) is 11.4 Å². The zero-order valence-electron chi connectivity index (χ0n) is 15.4. The lowest BCUT2D eigenvalue weighted by atomic mass is 9.85. The Morgan fingerprint density at radius 3 is 2.44 bits per heavy atom. The fraction of sp³-hybridized carbons (Fsp3) is 0.579. The minimum Gasteiger partial charge on any atom is -0.336 e. The lowest BCUT2D eigenvalue weighted by Crippen LogP contribution is -2.35. The van der Waals surface area contributed by atoms with E-state index in [2.05, 4.69) is 28.2 Å². The zero-order chi connectivity index (χ0) is 18.2. The fourth-order valence-electron chi connectivity index (χ4n) is 3.15. The van der Waals surface area contributed by atoms with Crippen molar-refractivity contribution in [1.82, 2.24) is 10.6 Å². The number of carbonyl (C=O) groups is 2. The largest absolute Gasteiger partial charge is 0.336 e. The standard InChI is InChI=1S/C19H30N4O2/c1-13(2)21-19(25)23-17-9-5-4-8-16(17)22-18(24)11-14(3)15-7-6-10-20-12-15/h4-5,8-9,13-15,20H,6-7,10-12H2,1-3H3,(H,22,24)(H2,21,23,25). The molecule has 0 spiro atoms. The van der Waals surface area contributed by atoms with Crippen molar-refractivity contribution in [3.05, 3.63) is 24.3 Å². The molecule has 6 heteroatoms. The van der Waals surface area contributed by atoms with Crippen molar-refractivity contribution in [2.45, 2.75) is 46.1 Å². The first kappa shape index (κ1) is 19.2. The number of hydrogen-bond acceptors (Lipinski definition) is 3. The molecule has 138 valence electrons. The molecule has 3 amide bonds. The Kier molecular flexibility index (Phi) is 7.25. The highest BCUT2D eigenvalue weighted by atomic mass is 16.2. The SMILES string of the molecule is CC(C)NC(=O)Nc1ccccc1NC(=O)CC(C)C1CCCNC1. The van der Waals surface area contributed by atoms with E-state index >= 15 is 0 Å². The molecule has 0 bridgehead atoms. The predicted octanol–water partition coefficient (Wildman–Crippen LogP) is 3.18. The number of rotatable bonds is 6. The number of nitrogens with one attached hydrogen (secondary N) is 4. The lowest BCUT2D eigenvalue weighted by molar-refractivity contribution is -0.117. The van der Waals surface area contributed by atoms with E-state index in [-0.39, 0.29) is 18.0 Å². The molecule has 6 nitrogen and oxygen atoms in total. The Bertz CT molecular complexity index is 583. The molecule has 1 aliphatic rings. The van der Waals surface area contributed by atoms with Crippen LogP contribution in [0.15, 0.2) is 24.3 Å². The first-order valence-corrected chi connectivity index (χ1v) is 9.13. The molecule has 0 saturated carbocycles. The first-order valence-electron chi connectivity index (χ1n) is 9.13. The van der Waals surface area contributed by atoms with Gasteiger partial charge in [-0.05, 0) is 63.7 Å². The highest BCUT2D eigenvalue weighted by molar-refractivity contribution is 5.99. The van der Waals surface area contributed by atoms with Gasteiger partial charge in [-0.2, -0.15) is 0 Å². The maximum absolute atomic E-state index is 12.4. The summed E-state index contributed by atoms with van der Waals surface area (Å²) in [6, 6.07) is 7.02. The van der Waals surface area contributed by atoms with Crippen LogP contribution >= 0.6 is 0 Å². The summed E-state index contributed by atoms with van der Waals surface area (Å²) < 4.78 is 0. The van der Waals surface area contributed by atoms with Crippen LogP contribution in [0.2, 0.25) is 0 Å². The normalized spacial score (nSPS) is 18.5. The number of piperidine rings is 1. The zero-order valence-corrected chi connectivity index (χ0v) is 15.4. The third-order valence-corrected chi connectivity index (χ3v) is 4.52. The van der Waals surface area contributed by atoms with E-state index in [1.807, 2.05) is 26.0 Å². The van der Waals surface area contributed by atoms with Gasteiger partial charge in [0, 0.05) is 12.5 Å². The van der Waals surface area contributed by atoms with Crippen LogP contribution in [-0.2, 0) is 4.79 Å². The van der Waals surface area contributed by atoms with Crippen LogP contribution in [0.4, 0.5) is 16.2 Å². The van der Waals surface area contributed by atoms with Crippen molar-refractivity contribution in [2.75, 3.05) is 23.7 Å². The van der Waals surface area contributed by atoms with E-state index in [4.69, 9.17) is 0 Å². The summed E-state index contributed by atoms with van der Waals surface area (Å²) in [4.78, 5) is 24.3. The van der Waals surface area contributed by atoms with Gasteiger partial charge in [-0.3, -0.25) is 4.79 Å². The van der Waals surface area contributed by atoms with Gasteiger partial charge >= 0.3 is 6.03 Å². The van der Waals surface area contributed by atoms with Gasteiger partial charge in [0.25, 0.3) is 0 Å². The molecule has 2 rings (SSSR count). The molecule has 0 radical (unpaired) electrons. The Morgan fingerprint density at radius 2 is 1.84 bits per heavy atom. The van der Waals surface area contributed by atoms with E-state index in [0.29, 0.717) is 29.6 Å². The predicted molar refractivity (Wildman–Crippen MR) is 102 cm³/mol. The van der Waals surface area contributed by atoms with Crippen LogP contribution in [-0.4, -0.2) is 31.1 Å². The highest BCUT2D eigenvalue weighted by Gasteiger charge is 2.22. The van der Waals surface area contributed by atoms with Crippen LogP contribution in [0.1, 0.15) is 40.0 Å². The quantitative estimate of drug-likeness (QED) is 0.638. The number of amides is 3. The van der Waals surface area contributed by atoms with Crippen LogP contribution in [0, 0.1) is 11.8 Å². The molecule has 0 aliphatic carbocycles. The number of carbonyl (C=O) groups excluding carboxylic acids is 2. The van der Waals surface area contributed by atoms with Crippen LogP contribution in [0.3, 0.4) is 0 Å². The summed E-state index contributed by atoms with van der Waals surface area (Å²) in [6.07, 6.45) is 2.84. The minimum absolute atomic E-state index is 0.0170. The Hall–Kier alpha value is -2.08. The maximum Gasteiger partial charge on any atom is 0.319 e. The van der Waals surface area contributed by atoms with Crippen molar-refractivity contribution in [3.63, 3.8) is 0 Å². The number of urea groups is 1. The Balaban J connectivity index is 1.92. The fourth-order valence-corrected chi connectivity index (χ4v) is 3.15. The average Bonchev–Trinajstić information content (AvgIpc) is 2.56. The number of hydrogen-bond donors (Lipinski definition) is 4. The Morgan fingerprint density at radius 1 is 1.16 bits per heavy atom. The molecule has 25 heavy (non-hydrogen) atoms. The molecule has 1 saturated heterocycles. The van der Waals surface area contributed by atoms with Gasteiger partial charge in [0.2, 0.25) is 5.91 Å². The molecule has 2 unspecified atom stereocenters. The molecule has 4 N–H and O–H groups in total. The van der Waals surface area contributed by atoms with Crippen LogP contribution in [0.5, 0.6) is 0 Å². The van der Waals surface area contributed by atoms with E-state index in [9.17, 15) is 9.59 Å². The average molecular weight is 346 g/mol. The monoisotopic (exact) mass is 346 g/mol. The second kappa shape index (κ2) is 9.42. The minimum atomic E-state index is -0.279. The van der Waals surface area contributed by atoms with Crippen molar-refractivity contribution < 1.29 is 9.59 Å². The molecule has 1 heterocycles. The summed E-state index contributed by atoms with van der Waals surface area (Å²) >= 11 is 0. The number of para-hydroxylation sites is 2. The van der Waals surface area contributed by atoms with Gasteiger partial charge in [-0.15, -0.1) is 0 Å². The van der Waals surface area contributed by atoms with Gasteiger partial charge in [0.1, 0.15) is 0 Å². The summed E-state index contributed by atoms with van der Waals surface area (Å²) in [5, 5.41) is 11.9. The van der Waals surface area contributed by atoms with E-state index < -0.39 is 0 Å². The molecule has 2 atom stereocenters. The molecule has 1 fully saturated rings. The van der Waals surface area contributed by atoms with Crippen molar-refractivity contribution in [1.29, 1.82) is 0 Å². The summed E-state index contributed by atoms with van der Waals surface area (Å²) in [5.74, 6) is 0.860. The third kappa shape index (κ3) is 6.38. The summed E-state index contributed by atoms with van der Waals surface area (Å²) in [7, 11) is 0. The summed E-state index contributed by atoms with van der Waals surface area (Å²) in [5.41, 5.74) is 1.22. The van der Waals surface area contributed by atoms with E-state index in [1.165, 1.54) is 12.8 Å². The number of anilines is 2. The molecule has 1 aliphatic heterocycles. The second-order valence-electron chi connectivity index (χ2n) is 7.13. The third-order valence-electron chi connectivity index (χ3n) is 4.52. The lowest BCUT2D eigenvalue weighted by Gasteiger charge is -2.28. The van der Waals surface area contributed by atoms with Gasteiger partial charge in [-0.1, -0.05) is 19.1 Å². The smallest absolute Gasteiger partial charge is 0.319 e. The molecule has 1 aromatic carbocycles. The van der Waals surface area contributed by atoms with Gasteiger partial charge < -0.3 is 21.3 Å². The van der Waals surface area contributed by atoms with Crippen molar-refractivity contribution >= 4 is 23.3 Å². The van der Waals surface area contributed by atoms with Gasteiger partial charge in [0.15, 0.2) is 0 Å². The maximum atomic E-state index is 12.4. The topological polar surface area (TPSA) is 82.3 Å². The first-order chi connectivity index (χ1) is 12.0. The van der Waals surface area contributed by atoms with Crippen LogP contribution < -0.4 is 21.3 Å². The molecular weight excluding hydrogens is 316 g/mol. The van der Waals surface area contributed by atoms with Crippen molar-refractivity contribution in [2.24, 2.45) is 11.8 Å². The molecule has 1 aromatic rings. The van der Waals surface area contributed by atoms with E-state index in [0.717, 1.165) is 13.1 Å². The van der Waals surface area contributed by atoms with Crippen LogP contribution in [0.25, 0.3) is 0 Å². The molecule has 0 aromatic heterocycles. The van der Waals surface area contributed by atoms with E-state index in [1.54, 1.807) is 12.1 Å². The Labute approximate surface area is 150 Å². The second-order valence-corrected chi connectivity index (χ2v) is 7.13. The molecular formula is C19H30N4O2. The summed E-state index contributed by atoms with van der Waals surface area (Å²) in [6.45, 7) is 8.00.